The van der Waals surface area contributed by atoms with Crippen LogP contribution < -0.4 is 16.5 Å². The maximum absolute atomic E-state index is 15.0. The molecule has 0 atom stereocenters. The third kappa shape index (κ3) is 3.31. The first kappa shape index (κ1) is 18.0. The molecule has 0 saturated heterocycles. The number of aromatic nitrogens is 1. The van der Waals surface area contributed by atoms with Crippen molar-refractivity contribution in [1.82, 2.24) is 9.88 Å². The summed E-state index contributed by atoms with van der Waals surface area (Å²) >= 11 is 0. The monoisotopic (exact) mass is 361 g/mol. The average molecular weight is 361 g/mol. The molecule has 1 heterocycles. The molecule has 1 fully saturated rings. The van der Waals surface area contributed by atoms with Gasteiger partial charge in [-0.15, -0.1) is 0 Å². The number of carbonyl (C=O) groups is 1. The lowest BCUT2D eigenvalue weighted by atomic mass is 10.1. The van der Waals surface area contributed by atoms with Crippen molar-refractivity contribution in [3.05, 3.63) is 45.2 Å². The second-order valence-electron chi connectivity index (χ2n) is 6.03. The van der Waals surface area contributed by atoms with Crippen LogP contribution in [0, 0.1) is 23.5 Å². The van der Waals surface area contributed by atoms with E-state index >= 15 is 0 Å². The maximum Gasteiger partial charge on any atom is 0.341 e. The second kappa shape index (κ2) is 7.23. The Morgan fingerprint density at radius 3 is 2.77 bits per heavy atom. The number of carboxylic acids is 1. The van der Waals surface area contributed by atoms with Crippen LogP contribution in [0.4, 0.5) is 8.78 Å². The molecule has 1 saturated carbocycles. The van der Waals surface area contributed by atoms with Crippen LogP contribution in [0.3, 0.4) is 0 Å². The van der Waals surface area contributed by atoms with E-state index in [1.165, 1.54) is 4.57 Å². The van der Waals surface area contributed by atoms with Crippen molar-refractivity contribution in [2.24, 2.45) is 5.73 Å². The molecule has 8 heteroatoms. The Morgan fingerprint density at radius 2 is 2.15 bits per heavy atom. The molecule has 1 aliphatic rings. The number of nitrogens with two attached hydrogens (primary N) is 1. The molecule has 2 aromatic rings. The van der Waals surface area contributed by atoms with Crippen molar-refractivity contribution < 1.29 is 18.7 Å². The summed E-state index contributed by atoms with van der Waals surface area (Å²) in [5.74, 6) is 1.68. The van der Waals surface area contributed by atoms with Gasteiger partial charge >= 0.3 is 5.97 Å². The fourth-order valence-electron chi connectivity index (χ4n) is 2.73. The number of nitrogens with zero attached hydrogens (tertiary/aromatic N) is 1. The lowest BCUT2D eigenvalue weighted by Gasteiger charge is -2.13. The zero-order valence-electron chi connectivity index (χ0n) is 13.8. The predicted octanol–water partition coefficient (Wildman–Crippen LogP) is 1.21. The van der Waals surface area contributed by atoms with Crippen LogP contribution >= 0.6 is 0 Å². The zero-order chi connectivity index (χ0) is 18.8. The fourth-order valence-corrected chi connectivity index (χ4v) is 2.73. The quantitative estimate of drug-likeness (QED) is 0.549. The van der Waals surface area contributed by atoms with Gasteiger partial charge in [-0.05, 0) is 18.9 Å². The van der Waals surface area contributed by atoms with E-state index in [1.807, 2.05) is 0 Å². The van der Waals surface area contributed by atoms with Gasteiger partial charge in [-0.1, -0.05) is 11.8 Å². The minimum absolute atomic E-state index is 0.108. The number of nitrogens with one attached hydrogen (secondary N) is 1. The highest BCUT2D eigenvalue weighted by Gasteiger charge is 2.29. The molecule has 1 aliphatic carbocycles. The van der Waals surface area contributed by atoms with E-state index in [0.29, 0.717) is 13.1 Å². The number of aromatic carboxylic acids is 1. The van der Waals surface area contributed by atoms with E-state index in [1.54, 1.807) is 0 Å². The van der Waals surface area contributed by atoms with E-state index < -0.39 is 34.2 Å². The van der Waals surface area contributed by atoms with E-state index in [0.717, 1.165) is 25.1 Å². The van der Waals surface area contributed by atoms with Crippen LogP contribution in [-0.4, -0.2) is 35.3 Å². The Labute approximate surface area is 147 Å². The van der Waals surface area contributed by atoms with Crippen LogP contribution in [0.5, 0.6) is 0 Å². The Kier molecular flexibility index (Phi) is 5.02. The second-order valence-corrected chi connectivity index (χ2v) is 6.03. The number of fused-ring (bicyclic) bond motifs is 1. The Bertz CT molecular complexity index is 1000. The van der Waals surface area contributed by atoms with Crippen molar-refractivity contribution in [1.29, 1.82) is 0 Å². The van der Waals surface area contributed by atoms with Gasteiger partial charge in [0.1, 0.15) is 11.4 Å². The Balaban J connectivity index is 2.19. The number of benzene rings is 1. The smallest absolute Gasteiger partial charge is 0.341 e. The number of hydrogen-bond donors (Lipinski definition) is 3. The molecule has 6 nitrogen and oxygen atoms in total. The Morgan fingerprint density at radius 1 is 1.42 bits per heavy atom. The van der Waals surface area contributed by atoms with Gasteiger partial charge in [0.25, 0.3) is 0 Å². The summed E-state index contributed by atoms with van der Waals surface area (Å²) in [5.41, 5.74) is 3.36. The number of carboxylic acid groups (broad SMARTS) is 1. The minimum Gasteiger partial charge on any atom is -0.477 e. The lowest BCUT2D eigenvalue weighted by molar-refractivity contribution is 0.0695. The molecule has 0 bridgehead atoms. The zero-order valence-corrected chi connectivity index (χ0v) is 13.8. The normalized spacial score (nSPS) is 13.5. The third-order valence-corrected chi connectivity index (χ3v) is 4.13. The molecular formula is C18H17F2N3O3. The highest BCUT2D eigenvalue weighted by molar-refractivity contribution is 5.93. The summed E-state index contributed by atoms with van der Waals surface area (Å²) in [6.07, 6.45) is 2.60. The van der Waals surface area contributed by atoms with Gasteiger partial charge in [0, 0.05) is 25.3 Å². The first-order valence-corrected chi connectivity index (χ1v) is 8.15. The topological polar surface area (TPSA) is 97.3 Å². The highest BCUT2D eigenvalue weighted by Crippen LogP contribution is 2.38. The molecule has 3 rings (SSSR count). The first-order chi connectivity index (χ1) is 12.5. The van der Waals surface area contributed by atoms with Crippen molar-refractivity contribution in [2.75, 3.05) is 19.6 Å². The van der Waals surface area contributed by atoms with E-state index in [-0.39, 0.29) is 23.5 Å². The van der Waals surface area contributed by atoms with Crippen LogP contribution in [0.25, 0.3) is 10.9 Å². The third-order valence-electron chi connectivity index (χ3n) is 4.13. The number of rotatable bonds is 5. The summed E-state index contributed by atoms with van der Waals surface area (Å²) in [4.78, 5) is 23.6. The summed E-state index contributed by atoms with van der Waals surface area (Å²) in [6, 6.07) is 0.756. The van der Waals surface area contributed by atoms with Gasteiger partial charge in [-0.3, -0.25) is 4.79 Å². The summed E-state index contributed by atoms with van der Waals surface area (Å²) in [6.45, 7) is 1.15. The van der Waals surface area contributed by atoms with Crippen molar-refractivity contribution in [2.45, 2.75) is 18.9 Å². The molecule has 0 amide bonds. The summed E-state index contributed by atoms with van der Waals surface area (Å²) < 4.78 is 30.7. The largest absolute Gasteiger partial charge is 0.477 e. The van der Waals surface area contributed by atoms with Gasteiger partial charge in [-0.25, -0.2) is 13.6 Å². The number of pyridine rings is 1. The van der Waals surface area contributed by atoms with Crippen LogP contribution in [0.2, 0.25) is 0 Å². The molecule has 0 unspecified atom stereocenters. The molecule has 1 aromatic carbocycles. The SMILES string of the molecule is NCCNCC#Cc1c(F)cc2c(=O)c(C(=O)O)cn(C3CC3)c2c1F. The standard InChI is InChI=1S/C18H17F2N3O3/c19-14-8-12-16(15(20)11(14)2-1-6-22-7-5-21)23(10-3-4-10)9-13(17(12)24)18(25)26/h8-10,22H,3-7,21H2,(H,25,26). The molecule has 0 spiro atoms. The minimum atomic E-state index is -1.43. The van der Waals surface area contributed by atoms with E-state index in [2.05, 4.69) is 17.2 Å². The van der Waals surface area contributed by atoms with Crippen LogP contribution in [0.15, 0.2) is 17.1 Å². The average Bonchev–Trinajstić information content (AvgIpc) is 3.42. The fraction of sp³-hybridized carbons (Fsp3) is 0.333. The van der Waals surface area contributed by atoms with Gasteiger partial charge in [-0.2, -0.15) is 0 Å². The van der Waals surface area contributed by atoms with Gasteiger partial charge in [0.15, 0.2) is 5.82 Å². The lowest BCUT2D eigenvalue weighted by Crippen LogP contribution is -2.22. The highest BCUT2D eigenvalue weighted by atomic mass is 19.1. The summed E-state index contributed by atoms with van der Waals surface area (Å²) in [5, 5.41) is 11.8. The summed E-state index contributed by atoms with van der Waals surface area (Å²) in [7, 11) is 0. The maximum atomic E-state index is 15.0. The van der Waals surface area contributed by atoms with Gasteiger partial charge < -0.3 is 20.7 Å². The molecular weight excluding hydrogens is 344 g/mol. The molecule has 4 N–H and O–H groups in total. The number of hydrogen-bond acceptors (Lipinski definition) is 4. The van der Waals surface area contributed by atoms with E-state index in [4.69, 9.17) is 5.73 Å². The van der Waals surface area contributed by atoms with Crippen LogP contribution in [-0.2, 0) is 0 Å². The molecule has 26 heavy (non-hydrogen) atoms. The first-order valence-electron chi connectivity index (χ1n) is 8.15. The molecule has 136 valence electrons. The Hall–Kier alpha value is -2.76. The van der Waals surface area contributed by atoms with Crippen molar-refractivity contribution >= 4 is 16.9 Å². The van der Waals surface area contributed by atoms with Crippen molar-refractivity contribution in [3.63, 3.8) is 0 Å². The van der Waals surface area contributed by atoms with Gasteiger partial charge in [0.2, 0.25) is 5.43 Å². The van der Waals surface area contributed by atoms with E-state index in [9.17, 15) is 23.5 Å². The van der Waals surface area contributed by atoms with Crippen molar-refractivity contribution in [3.8, 4) is 11.8 Å². The molecule has 0 radical (unpaired) electrons. The molecule has 0 aliphatic heterocycles. The predicted molar refractivity (Wildman–Crippen MR) is 92.2 cm³/mol. The molecule has 1 aromatic heterocycles. The van der Waals surface area contributed by atoms with Crippen LogP contribution in [0.1, 0.15) is 34.8 Å². The number of halogens is 2. The van der Waals surface area contributed by atoms with Gasteiger partial charge in [0.05, 0.1) is 23.0 Å².